The van der Waals surface area contributed by atoms with Gasteiger partial charge in [0.25, 0.3) is 5.91 Å². The molecule has 6 heteroatoms. The summed E-state index contributed by atoms with van der Waals surface area (Å²) in [5, 5.41) is 0. The topological polar surface area (TPSA) is 85.5 Å². The molecule has 1 aromatic heterocycles. The van der Waals surface area contributed by atoms with Gasteiger partial charge in [0.1, 0.15) is 6.61 Å². The van der Waals surface area contributed by atoms with Gasteiger partial charge >= 0.3 is 0 Å². The van der Waals surface area contributed by atoms with Crippen LogP contribution in [0.15, 0.2) is 48.8 Å². The molecule has 0 saturated carbocycles. The molecule has 26 heavy (non-hydrogen) atoms. The molecule has 2 atom stereocenters. The number of primary amides is 1. The fraction of sp³-hybridized carbons (Fsp3) is 0.350. The van der Waals surface area contributed by atoms with Crippen LogP contribution < -0.4 is 5.73 Å². The second-order valence-corrected chi connectivity index (χ2v) is 6.70. The Balaban J connectivity index is 1.75. The third-order valence-corrected chi connectivity index (χ3v) is 4.74. The maximum absolute atomic E-state index is 12.9. The second-order valence-electron chi connectivity index (χ2n) is 6.70. The molecule has 2 heterocycles. The quantitative estimate of drug-likeness (QED) is 0.857. The fourth-order valence-corrected chi connectivity index (χ4v) is 3.38. The smallest absolute Gasteiger partial charge is 0.253 e. The maximum Gasteiger partial charge on any atom is 0.253 e. The van der Waals surface area contributed by atoms with Crippen molar-refractivity contribution >= 4 is 11.8 Å². The first-order valence-corrected chi connectivity index (χ1v) is 8.66. The number of pyridine rings is 1. The monoisotopic (exact) mass is 353 g/mol. The Kier molecular flexibility index (Phi) is 5.63. The van der Waals surface area contributed by atoms with Gasteiger partial charge in [0, 0.05) is 42.9 Å². The molecule has 0 unspecified atom stereocenters. The number of hydrogen-bond acceptors (Lipinski definition) is 4. The Morgan fingerprint density at radius 1 is 1.15 bits per heavy atom. The van der Waals surface area contributed by atoms with E-state index in [2.05, 4.69) is 4.98 Å². The van der Waals surface area contributed by atoms with Gasteiger partial charge in [0.2, 0.25) is 5.91 Å². The number of aryl methyl sites for hydroxylation is 1. The van der Waals surface area contributed by atoms with E-state index in [1.807, 2.05) is 48.2 Å². The van der Waals surface area contributed by atoms with E-state index < -0.39 is 5.91 Å². The van der Waals surface area contributed by atoms with Gasteiger partial charge < -0.3 is 15.4 Å². The summed E-state index contributed by atoms with van der Waals surface area (Å²) in [6.07, 6.45) is 3.50. The molecule has 3 rings (SSSR count). The van der Waals surface area contributed by atoms with Gasteiger partial charge in [-0.1, -0.05) is 17.7 Å². The number of nitrogens with two attached hydrogens (primary N) is 1. The summed E-state index contributed by atoms with van der Waals surface area (Å²) in [5.41, 5.74) is 8.07. The molecule has 2 aromatic rings. The van der Waals surface area contributed by atoms with E-state index in [9.17, 15) is 9.59 Å². The summed E-state index contributed by atoms with van der Waals surface area (Å²) in [5.74, 6) is -0.232. The van der Waals surface area contributed by atoms with Gasteiger partial charge in [-0.15, -0.1) is 0 Å². The molecule has 0 spiro atoms. The summed E-state index contributed by atoms with van der Waals surface area (Å²) < 4.78 is 5.45. The predicted molar refractivity (Wildman–Crippen MR) is 97.6 cm³/mol. The minimum absolute atomic E-state index is 0.0152. The zero-order chi connectivity index (χ0) is 18.5. The summed E-state index contributed by atoms with van der Waals surface area (Å²) in [6, 6.07) is 11.5. The Morgan fingerprint density at radius 3 is 2.50 bits per heavy atom. The minimum atomic E-state index is -0.490. The van der Waals surface area contributed by atoms with E-state index in [1.54, 1.807) is 12.4 Å². The Hall–Kier alpha value is -2.73. The maximum atomic E-state index is 12.9. The van der Waals surface area contributed by atoms with Crippen LogP contribution in [-0.4, -0.2) is 48.0 Å². The Morgan fingerprint density at radius 2 is 1.85 bits per heavy atom. The van der Waals surface area contributed by atoms with E-state index >= 15 is 0 Å². The molecule has 1 aliphatic heterocycles. The number of carbonyl (C=O) groups is 2. The largest absolute Gasteiger partial charge is 0.371 e. The first-order valence-electron chi connectivity index (χ1n) is 8.66. The number of aromatic nitrogens is 1. The van der Waals surface area contributed by atoms with Crippen LogP contribution in [0.2, 0.25) is 0 Å². The van der Waals surface area contributed by atoms with Gasteiger partial charge in [0.15, 0.2) is 0 Å². The van der Waals surface area contributed by atoms with Gasteiger partial charge in [-0.05, 0) is 36.8 Å². The molecular formula is C20H23N3O3. The van der Waals surface area contributed by atoms with Crippen LogP contribution in [0.1, 0.15) is 27.4 Å². The van der Waals surface area contributed by atoms with Crippen molar-refractivity contribution in [2.45, 2.75) is 12.8 Å². The lowest BCUT2D eigenvalue weighted by Gasteiger charge is -2.17. The highest BCUT2D eigenvalue weighted by Gasteiger charge is 2.36. The van der Waals surface area contributed by atoms with Crippen molar-refractivity contribution in [2.75, 3.05) is 26.3 Å². The summed E-state index contributed by atoms with van der Waals surface area (Å²) in [4.78, 5) is 29.7. The highest BCUT2D eigenvalue weighted by Crippen LogP contribution is 2.33. The van der Waals surface area contributed by atoms with E-state index in [0.29, 0.717) is 25.3 Å². The van der Waals surface area contributed by atoms with Crippen molar-refractivity contribution in [3.8, 4) is 0 Å². The van der Waals surface area contributed by atoms with Gasteiger partial charge in [0.05, 0.1) is 6.61 Å². The summed E-state index contributed by atoms with van der Waals surface area (Å²) in [6.45, 7) is 3.47. The van der Waals surface area contributed by atoms with Crippen LogP contribution in [0.25, 0.3) is 0 Å². The Labute approximate surface area is 153 Å². The first-order chi connectivity index (χ1) is 12.5. The number of nitrogens with zero attached hydrogens (tertiary/aromatic N) is 2. The Bertz CT molecular complexity index is 762. The molecule has 0 aliphatic carbocycles. The third kappa shape index (κ3) is 4.26. The van der Waals surface area contributed by atoms with Crippen LogP contribution in [0, 0.1) is 12.8 Å². The highest BCUT2D eigenvalue weighted by molar-refractivity contribution is 5.94. The van der Waals surface area contributed by atoms with Crippen molar-refractivity contribution in [1.82, 2.24) is 9.88 Å². The minimum Gasteiger partial charge on any atom is -0.371 e. The average molecular weight is 353 g/mol. The molecule has 0 bridgehead atoms. The number of benzene rings is 1. The molecule has 2 amide bonds. The fourth-order valence-electron chi connectivity index (χ4n) is 3.38. The molecule has 1 aromatic carbocycles. The van der Waals surface area contributed by atoms with E-state index in [4.69, 9.17) is 10.5 Å². The number of rotatable bonds is 6. The molecule has 1 fully saturated rings. The molecule has 2 N–H and O–H groups in total. The molecule has 1 saturated heterocycles. The summed E-state index contributed by atoms with van der Waals surface area (Å²) >= 11 is 0. The van der Waals surface area contributed by atoms with E-state index in [-0.39, 0.29) is 24.3 Å². The van der Waals surface area contributed by atoms with Crippen LogP contribution in [-0.2, 0) is 9.53 Å². The highest BCUT2D eigenvalue weighted by atomic mass is 16.5. The number of carbonyl (C=O) groups excluding carboxylic acids is 2. The SMILES string of the molecule is Cc1ccc(C(=O)N2C[C@@H](COCC(N)=O)[C@H](c3ccncc3)C2)cc1. The number of ether oxygens (including phenoxy) is 1. The van der Waals surface area contributed by atoms with Gasteiger partial charge in [-0.2, -0.15) is 0 Å². The number of likely N-dealkylation sites (tertiary alicyclic amines) is 1. The summed E-state index contributed by atoms with van der Waals surface area (Å²) in [7, 11) is 0. The van der Waals surface area contributed by atoms with Crippen LogP contribution in [0.5, 0.6) is 0 Å². The predicted octanol–water partition coefficient (Wildman–Crippen LogP) is 1.75. The lowest BCUT2D eigenvalue weighted by Crippen LogP contribution is -2.29. The molecule has 1 aliphatic rings. The third-order valence-electron chi connectivity index (χ3n) is 4.74. The van der Waals surface area contributed by atoms with Crippen molar-refractivity contribution in [1.29, 1.82) is 0 Å². The first kappa shape index (κ1) is 18.1. The number of amides is 2. The zero-order valence-electron chi connectivity index (χ0n) is 14.8. The second kappa shape index (κ2) is 8.10. The molecular weight excluding hydrogens is 330 g/mol. The van der Waals surface area contributed by atoms with Crippen LogP contribution in [0.3, 0.4) is 0 Å². The zero-order valence-corrected chi connectivity index (χ0v) is 14.8. The van der Waals surface area contributed by atoms with E-state index in [1.165, 1.54) is 0 Å². The van der Waals surface area contributed by atoms with Gasteiger partial charge in [-0.3, -0.25) is 14.6 Å². The van der Waals surface area contributed by atoms with Crippen molar-refractivity contribution < 1.29 is 14.3 Å². The van der Waals surface area contributed by atoms with Gasteiger partial charge in [-0.25, -0.2) is 0 Å². The number of hydrogen-bond donors (Lipinski definition) is 1. The molecule has 6 nitrogen and oxygen atoms in total. The lowest BCUT2D eigenvalue weighted by atomic mass is 9.90. The van der Waals surface area contributed by atoms with Crippen LogP contribution in [0.4, 0.5) is 0 Å². The van der Waals surface area contributed by atoms with E-state index in [0.717, 1.165) is 11.1 Å². The average Bonchev–Trinajstić information content (AvgIpc) is 3.06. The van der Waals surface area contributed by atoms with Crippen LogP contribution >= 0.6 is 0 Å². The molecule has 0 radical (unpaired) electrons. The normalized spacial score (nSPS) is 19.5. The van der Waals surface area contributed by atoms with Crippen molar-refractivity contribution in [2.24, 2.45) is 11.7 Å². The van der Waals surface area contributed by atoms with Crippen molar-refractivity contribution in [3.05, 3.63) is 65.5 Å². The lowest BCUT2D eigenvalue weighted by molar-refractivity contribution is -0.122. The molecule has 136 valence electrons. The standard InChI is InChI=1S/C20H23N3O3/c1-14-2-4-16(5-3-14)20(25)23-10-17(12-26-13-19(21)24)18(11-23)15-6-8-22-9-7-15/h2-9,17-18H,10-13H2,1H3,(H2,21,24)/t17-,18-/m0/s1. The van der Waals surface area contributed by atoms with Crippen molar-refractivity contribution in [3.63, 3.8) is 0 Å².